The largest absolute Gasteiger partial charge is 0.485 e. The van der Waals surface area contributed by atoms with Gasteiger partial charge in [0.25, 0.3) is 0 Å². The number of carboxylic acids is 1. The van der Waals surface area contributed by atoms with Crippen LogP contribution in [0.4, 0.5) is 4.39 Å². The normalized spacial score (nSPS) is 15.5. The van der Waals surface area contributed by atoms with Crippen molar-refractivity contribution < 1.29 is 19.0 Å². The van der Waals surface area contributed by atoms with Crippen LogP contribution in [-0.2, 0) is 6.42 Å². The molecule has 3 nitrogen and oxygen atoms in total. The highest BCUT2D eigenvalue weighted by Crippen LogP contribution is 2.39. The van der Waals surface area contributed by atoms with Gasteiger partial charge in [0.15, 0.2) is 0 Å². The zero-order valence-electron chi connectivity index (χ0n) is 13.3. The number of fused-ring (bicyclic) bond motifs is 1. The van der Waals surface area contributed by atoms with E-state index in [-0.39, 0.29) is 17.5 Å². The van der Waals surface area contributed by atoms with Gasteiger partial charge in [0.1, 0.15) is 17.7 Å². The van der Waals surface area contributed by atoms with Gasteiger partial charge in [-0.25, -0.2) is 9.18 Å². The van der Waals surface area contributed by atoms with Gasteiger partial charge in [0.05, 0.1) is 5.56 Å². The highest BCUT2D eigenvalue weighted by Gasteiger charge is 2.25. The fourth-order valence-electron chi connectivity index (χ4n) is 3.13. The molecule has 0 amide bonds. The molecule has 124 valence electrons. The number of carbonyl (C=O) groups is 1. The summed E-state index contributed by atoms with van der Waals surface area (Å²) < 4.78 is 19.1. The molecule has 0 aliphatic carbocycles. The summed E-state index contributed by atoms with van der Waals surface area (Å²) in [5.74, 6) is -0.404. The second-order valence-electron chi connectivity index (χ2n) is 6.07. The molecule has 0 saturated heterocycles. The minimum atomic E-state index is -0.948. The average Bonchev–Trinajstić information content (AvgIpc) is 3.06. The summed E-state index contributed by atoms with van der Waals surface area (Å²) >= 11 is 0. The van der Waals surface area contributed by atoms with Gasteiger partial charge >= 0.3 is 5.97 Å². The highest BCUT2D eigenvalue weighted by molar-refractivity contribution is 5.87. The van der Waals surface area contributed by atoms with Crippen LogP contribution in [-0.4, -0.2) is 11.1 Å². The van der Waals surface area contributed by atoms with Crippen LogP contribution in [0.25, 0.3) is 11.1 Å². The summed E-state index contributed by atoms with van der Waals surface area (Å²) in [6.45, 7) is 0. The van der Waals surface area contributed by atoms with Gasteiger partial charge < -0.3 is 9.84 Å². The van der Waals surface area contributed by atoms with Gasteiger partial charge in [-0.05, 0) is 58.7 Å². The van der Waals surface area contributed by atoms with E-state index in [1.165, 1.54) is 12.1 Å². The number of ether oxygens (including phenoxy) is 1. The van der Waals surface area contributed by atoms with E-state index in [2.05, 4.69) is 0 Å². The number of hydrogen-bond donors (Lipinski definition) is 1. The molecule has 1 atom stereocenters. The molecule has 3 aromatic rings. The summed E-state index contributed by atoms with van der Waals surface area (Å²) in [5, 5.41) is 9.14. The second kappa shape index (κ2) is 6.06. The summed E-state index contributed by atoms with van der Waals surface area (Å²) in [6.07, 6.45) is 0.478. The maximum Gasteiger partial charge on any atom is 0.335 e. The Morgan fingerprint density at radius 2 is 1.76 bits per heavy atom. The van der Waals surface area contributed by atoms with E-state index in [0.717, 1.165) is 28.0 Å². The first-order valence-corrected chi connectivity index (χ1v) is 7.99. The summed E-state index contributed by atoms with van der Waals surface area (Å²) in [7, 11) is 0. The molecule has 0 radical (unpaired) electrons. The Balaban J connectivity index is 1.61. The van der Waals surface area contributed by atoms with E-state index in [0.29, 0.717) is 6.42 Å². The predicted octanol–water partition coefficient (Wildman–Crippen LogP) is 4.87. The molecule has 1 unspecified atom stereocenters. The topological polar surface area (TPSA) is 46.5 Å². The number of aromatic carboxylic acids is 1. The van der Waals surface area contributed by atoms with Gasteiger partial charge in [0, 0.05) is 6.42 Å². The van der Waals surface area contributed by atoms with Crippen molar-refractivity contribution in [3.63, 3.8) is 0 Å². The molecule has 1 N–H and O–H groups in total. The van der Waals surface area contributed by atoms with Crippen LogP contribution in [0.2, 0.25) is 0 Å². The van der Waals surface area contributed by atoms with Crippen molar-refractivity contribution in [1.82, 2.24) is 0 Å². The molecule has 25 heavy (non-hydrogen) atoms. The molecule has 1 aliphatic heterocycles. The molecule has 0 aromatic heterocycles. The third-order valence-corrected chi connectivity index (χ3v) is 4.42. The Kier molecular flexibility index (Phi) is 3.73. The Hall–Kier alpha value is -3.14. The van der Waals surface area contributed by atoms with Crippen LogP contribution in [0.15, 0.2) is 66.7 Å². The number of halogens is 1. The Morgan fingerprint density at radius 1 is 1.00 bits per heavy atom. The highest BCUT2D eigenvalue weighted by atomic mass is 19.1. The zero-order valence-corrected chi connectivity index (χ0v) is 13.3. The van der Waals surface area contributed by atoms with E-state index in [1.54, 1.807) is 30.3 Å². The maximum absolute atomic E-state index is 13.1. The Morgan fingerprint density at radius 3 is 2.52 bits per heavy atom. The third-order valence-electron chi connectivity index (χ3n) is 4.42. The molecule has 0 saturated carbocycles. The lowest BCUT2D eigenvalue weighted by atomic mass is 9.98. The Labute approximate surface area is 144 Å². The monoisotopic (exact) mass is 334 g/mol. The van der Waals surface area contributed by atoms with Crippen molar-refractivity contribution in [3.05, 3.63) is 89.2 Å². The fraction of sp³-hybridized carbons (Fsp3) is 0.0952. The predicted molar refractivity (Wildman–Crippen MR) is 92.3 cm³/mol. The minimum absolute atomic E-state index is 0.197. The lowest BCUT2D eigenvalue weighted by Gasteiger charge is -2.11. The van der Waals surface area contributed by atoms with Gasteiger partial charge in [0.2, 0.25) is 0 Å². The molecule has 4 heteroatoms. The van der Waals surface area contributed by atoms with Crippen LogP contribution >= 0.6 is 0 Å². The molecular formula is C21H15FO3. The lowest BCUT2D eigenvalue weighted by Crippen LogP contribution is -2.05. The molecule has 1 aliphatic rings. The van der Waals surface area contributed by atoms with Crippen LogP contribution in [0.5, 0.6) is 5.75 Å². The summed E-state index contributed by atoms with van der Waals surface area (Å²) in [6, 6.07) is 19.1. The van der Waals surface area contributed by atoms with E-state index in [4.69, 9.17) is 9.84 Å². The van der Waals surface area contributed by atoms with Crippen LogP contribution in [0.3, 0.4) is 0 Å². The van der Waals surface area contributed by atoms with Gasteiger partial charge in [-0.3, -0.25) is 0 Å². The SMILES string of the molecule is O=C(O)c1cccc(C2Cc3cc(-c4ccc(F)cc4)ccc3O2)c1. The number of hydrogen-bond acceptors (Lipinski definition) is 2. The molecule has 3 aromatic carbocycles. The van der Waals surface area contributed by atoms with E-state index in [9.17, 15) is 9.18 Å². The van der Waals surface area contributed by atoms with Crippen molar-refractivity contribution in [2.45, 2.75) is 12.5 Å². The maximum atomic E-state index is 13.1. The summed E-state index contributed by atoms with van der Waals surface area (Å²) in [5.41, 5.74) is 4.11. The fourth-order valence-corrected chi connectivity index (χ4v) is 3.13. The van der Waals surface area contributed by atoms with Crippen LogP contribution in [0.1, 0.15) is 27.6 Å². The molecule has 4 rings (SSSR count). The van der Waals surface area contributed by atoms with Crippen molar-refractivity contribution in [3.8, 4) is 16.9 Å². The van der Waals surface area contributed by atoms with Crippen molar-refractivity contribution in [1.29, 1.82) is 0 Å². The first-order chi connectivity index (χ1) is 12.1. The standard InChI is InChI=1S/C21H15FO3/c22-18-7-4-13(5-8-18)14-6-9-19-17(10-14)12-20(25-19)15-2-1-3-16(11-15)21(23)24/h1-11,20H,12H2,(H,23,24). The number of benzene rings is 3. The second-order valence-corrected chi connectivity index (χ2v) is 6.07. The quantitative estimate of drug-likeness (QED) is 0.743. The van der Waals surface area contributed by atoms with Crippen LogP contribution in [0, 0.1) is 5.82 Å². The van der Waals surface area contributed by atoms with Crippen LogP contribution < -0.4 is 4.74 Å². The van der Waals surface area contributed by atoms with E-state index in [1.807, 2.05) is 24.3 Å². The van der Waals surface area contributed by atoms with Crippen molar-refractivity contribution in [2.75, 3.05) is 0 Å². The van der Waals surface area contributed by atoms with Gasteiger partial charge in [-0.1, -0.05) is 30.3 Å². The van der Waals surface area contributed by atoms with Gasteiger partial charge in [-0.15, -0.1) is 0 Å². The molecule has 0 fully saturated rings. The molecule has 0 bridgehead atoms. The third kappa shape index (κ3) is 2.98. The van der Waals surface area contributed by atoms with Gasteiger partial charge in [-0.2, -0.15) is 0 Å². The summed E-state index contributed by atoms with van der Waals surface area (Å²) in [4.78, 5) is 11.1. The average molecular weight is 334 g/mol. The van der Waals surface area contributed by atoms with E-state index >= 15 is 0 Å². The molecular weight excluding hydrogens is 319 g/mol. The lowest BCUT2D eigenvalue weighted by molar-refractivity contribution is 0.0696. The first kappa shape index (κ1) is 15.4. The number of rotatable bonds is 3. The number of carboxylic acid groups (broad SMARTS) is 1. The molecule has 1 heterocycles. The minimum Gasteiger partial charge on any atom is -0.485 e. The molecule has 0 spiro atoms. The first-order valence-electron chi connectivity index (χ1n) is 7.99. The smallest absolute Gasteiger partial charge is 0.335 e. The van der Waals surface area contributed by atoms with E-state index < -0.39 is 5.97 Å². The zero-order chi connectivity index (χ0) is 17.4. The van der Waals surface area contributed by atoms with Crippen molar-refractivity contribution in [2.24, 2.45) is 0 Å². The Bertz CT molecular complexity index is 948. The van der Waals surface area contributed by atoms with Crippen molar-refractivity contribution >= 4 is 5.97 Å².